The molecule has 0 radical (unpaired) electrons. The highest BCUT2D eigenvalue weighted by molar-refractivity contribution is 7.89. The lowest BCUT2D eigenvalue weighted by atomic mass is 10.2. The zero-order valence-electron chi connectivity index (χ0n) is 10.9. The van der Waals surface area contributed by atoms with Gasteiger partial charge in [-0.1, -0.05) is 25.1 Å². The van der Waals surface area contributed by atoms with Gasteiger partial charge in [-0.2, -0.15) is 4.31 Å². The minimum atomic E-state index is -3.32. The molecule has 100 valence electrons. The van der Waals surface area contributed by atoms with E-state index in [-0.39, 0.29) is 6.04 Å². The summed E-state index contributed by atoms with van der Waals surface area (Å²) in [4.78, 5) is 2.69. The number of sulfonamides is 1. The summed E-state index contributed by atoms with van der Waals surface area (Å²) in [5, 5.41) is 0. The van der Waals surface area contributed by atoms with Crippen molar-refractivity contribution in [3.8, 4) is 0 Å². The maximum Gasteiger partial charge on any atom is 0.243 e. The van der Waals surface area contributed by atoms with Gasteiger partial charge >= 0.3 is 0 Å². The van der Waals surface area contributed by atoms with E-state index in [2.05, 4.69) is 18.7 Å². The van der Waals surface area contributed by atoms with Crippen LogP contribution in [0.3, 0.4) is 0 Å². The first-order valence-corrected chi connectivity index (χ1v) is 7.79. The Morgan fingerprint density at radius 2 is 1.89 bits per heavy atom. The molecule has 0 aliphatic carbocycles. The summed E-state index contributed by atoms with van der Waals surface area (Å²) >= 11 is 0. The van der Waals surface area contributed by atoms with Crippen molar-refractivity contribution in [2.75, 3.05) is 26.2 Å². The normalized spacial score (nSPS) is 23.1. The molecule has 0 amide bonds. The van der Waals surface area contributed by atoms with Gasteiger partial charge in [0.05, 0.1) is 4.90 Å². The van der Waals surface area contributed by atoms with Crippen LogP contribution < -0.4 is 0 Å². The van der Waals surface area contributed by atoms with Gasteiger partial charge in [0.2, 0.25) is 10.0 Å². The molecule has 1 aromatic carbocycles. The number of hydrogen-bond donors (Lipinski definition) is 0. The summed E-state index contributed by atoms with van der Waals surface area (Å²) in [6.07, 6.45) is 0. The molecule has 1 aromatic rings. The highest BCUT2D eigenvalue weighted by Gasteiger charge is 2.31. The molecular weight excluding hydrogens is 248 g/mol. The van der Waals surface area contributed by atoms with E-state index in [9.17, 15) is 8.42 Å². The van der Waals surface area contributed by atoms with Gasteiger partial charge in [0, 0.05) is 25.7 Å². The number of hydrogen-bond acceptors (Lipinski definition) is 3. The van der Waals surface area contributed by atoms with Crippen molar-refractivity contribution in [3.05, 3.63) is 30.3 Å². The van der Waals surface area contributed by atoms with E-state index in [4.69, 9.17) is 0 Å². The van der Waals surface area contributed by atoms with Gasteiger partial charge in [-0.3, -0.25) is 4.90 Å². The van der Waals surface area contributed by atoms with Gasteiger partial charge in [0.25, 0.3) is 0 Å². The van der Waals surface area contributed by atoms with Gasteiger partial charge in [-0.05, 0) is 25.6 Å². The fraction of sp³-hybridized carbons (Fsp3) is 0.538. The van der Waals surface area contributed by atoms with E-state index in [0.717, 1.165) is 13.1 Å². The van der Waals surface area contributed by atoms with Crippen molar-refractivity contribution < 1.29 is 8.42 Å². The highest BCUT2D eigenvalue weighted by Crippen LogP contribution is 2.19. The van der Waals surface area contributed by atoms with Crippen LogP contribution in [0.25, 0.3) is 0 Å². The van der Waals surface area contributed by atoms with Crippen LogP contribution in [0.2, 0.25) is 0 Å². The predicted octanol–water partition coefficient (Wildman–Crippen LogP) is 1.40. The van der Waals surface area contributed by atoms with E-state index in [0.29, 0.717) is 18.0 Å². The summed E-state index contributed by atoms with van der Waals surface area (Å²) in [6.45, 7) is 7.12. The largest absolute Gasteiger partial charge is 0.298 e. The van der Waals surface area contributed by atoms with Crippen LogP contribution in [0.5, 0.6) is 0 Å². The minimum absolute atomic E-state index is 0.280. The molecule has 4 nitrogen and oxygen atoms in total. The van der Waals surface area contributed by atoms with Crippen molar-refractivity contribution in [3.63, 3.8) is 0 Å². The Kier molecular flexibility index (Phi) is 4.04. The Bertz CT molecular complexity index is 487. The first kappa shape index (κ1) is 13.5. The van der Waals surface area contributed by atoms with Crippen molar-refractivity contribution in [1.29, 1.82) is 0 Å². The minimum Gasteiger partial charge on any atom is -0.298 e. The zero-order chi connectivity index (χ0) is 13.2. The Labute approximate surface area is 109 Å². The fourth-order valence-corrected chi connectivity index (χ4v) is 3.92. The molecule has 0 bridgehead atoms. The van der Waals surface area contributed by atoms with E-state index >= 15 is 0 Å². The molecule has 1 unspecified atom stereocenters. The summed E-state index contributed by atoms with van der Waals surface area (Å²) in [5.74, 6) is 0. The number of benzene rings is 1. The molecule has 1 aliphatic rings. The Balaban J connectivity index is 2.18. The summed E-state index contributed by atoms with van der Waals surface area (Å²) < 4.78 is 26.5. The molecular formula is C13H20N2O2S. The van der Waals surface area contributed by atoms with E-state index in [1.165, 1.54) is 0 Å². The van der Waals surface area contributed by atoms with Crippen molar-refractivity contribution in [2.24, 2.45) is 0 Å². The third-order valence-corrected chi connectivity index (χ3v) is 5.39. The molecule has 5 heteroatoms. The lowest BCUT2D eigenvalue weighted by molar-refractivity contribution is 0.135. The fourth-order valence-electron chi connectivity index (χ4n) is 2.39. The first-order valence-electron chi connectivity index (χ1n) is 6.35. The van der Waals surface area contributed by atoms with Gasteiger partial charge in [-0.25, -0.2) is 8.42 Å². The zero-order valence-corrected chi connectivity index (χ0v) is 11.7. The molecule has 0 aromatic heterocycles. The number of piperazine rings is 1. The maximum absolute atomic E-state index is 12.4. The molecule has 1 heterocycles. The average Bonchev–Trinajstić information content (AvgIpc) is 2.39. The van der Waals surface area contributed by atoms with Gasteiger partial charge in [0.15, 0.2) is 0 Å². The summed E-state index contributed by atoms with van der Waals surface area (Å²) in [5.41, 5.74) is 0. The van der Waals surface area contributed by atoms with E-state index < -0.39 is 10.0 Å². The third-order valence-electron chi connectivity index (χ3n) is 3.51. The van der Waals surface area contributed by atoms with Crippen LogP contribution in [0.4, 0.5) is 0 Å². The summed E-state index contributed by atoms with van der Waals surface area (Å²) in [6, 6.07) is 8.95. The van der Waals surface area contributed by atoms with Crippen molar-refractivity contribution in [1.82, 2.24) is 9.21 Å². The standard InChI is InChI=1S/C13H20N2O2S/c1-3-14-9-10-15(11-12(14)2)18(16,17)13-7-5-4-6-8-13/h4-8,12H,3,9-11H2,1-2H3. The number of nitrogens with zero attached hydrogens (tertiary/aromatic N) is 2. The molecule has 0 saturated carbocycles. The van der Waals surface area contributed by atoms with Gasteiger partial charge < -0.3 is 0 Å². The van der Waals surface area contributed by atoms with Crippen LogP contribution in [-0.2, 0) is 10.0 Å². The SMILES string of the molecule is CCN1CCN(S(=O)(=O)c2ccccc2)CC1C. The quantitative estimate of drug-likeness (QED) is 0.832. The first-order chi connectivity index (χ1) is 8.55. The van der Waals surface area contributed by atoms with Crippen LogP contribution in [0.15, 0.2) is 35.2 Å². The second-order valence-corrected chi connectivity index (χ2v) is 6.59. The molecule has 1 aliphatic heterocycles. The van der Waals surface area contributed by atoms with Gasteiger partial charge in [-0.15, -0.1) is 0 Å². The van der Waals surface area contributed by atoms with E-state index in [1.54, 1.807) is 28.6 Å². The second-order valence-electron chi connectivity index (χ2n) is 4.65. The number of likely N-dealkylation sites (N-methyl/N-ethyl adjacent to an activating group) is 1. The van der Waals surface area contributed by atoms with E-state index in [1.807, 2.05) is 6.07 Å². The molecule has 18 heavy (non-hydrogen) atoms. The Morgan fingerprint density at radius 1 is 1.22 bits per heavy atom. The third kappa shape index (κ3) is 2.58. The molecule has 1 fully saturated rings. The smallest absolute Gasteiger partial charge is 0.243 e. The Hall–Kier alpha value is -0.910. The molecule has 0 spiro atoms. The lowest BCUT2D eigenvalue weighted by Gasteiger charge is -2.38. The van der Waals surface area contributed by atoms with Gasteiger partial charge in [0.1, 0.15) is 0 Å². The average molecular weight is 268 g/mol. The topological polar surface area (TPSA) is 40.6 Å². The van der Waals surface area contributed by atoms with Crippen molar-refractivity contribution in [2.45, 2.75) is 24.8 Å². The highest BCUT2D eigenvalue weighted by atomic mass is 32.2. The molecule has 0 N–H and O–H groups in total. The lowest BCUT2D eigenvalue weighted by Crippen LogP contribution is -2.53. The number of rotatable bonds is 3. The molecule has 2 rings (SSSR count). The predicted molar refractivity (Wildman–Crippen MR) is 71.9 cm³/mol. The van der Waals surface area contributed by atoms with Crippen LogP contribution >= 0.6 is 0 Å². The van der Waals surface area contributed by atoms with Crippen molar-refractivity contribution >= 4 is 10.0 Å². The van der Waals surface area contributed by atoms with Crippen LogP contribution in [0, 0.1) is 0 Å². The maximum atomic E-state index is 12.4. The Morgan fingerprint density at radius 3 is 2.44 bits per heavy atom. The molecule has 1 saturated heterocycles. The molecule has 1 atom stereocenters. The summed E-state index contributed by atoms with van der Waals surface area (Å²) in [7, 11) is -3.32. The monoisotopic (exact) mass is 268 g/mol. The van der Waals surface area contributed by atoms with Crippen LogP contribution in [0.1, 0.15) is 13.8 Å². The second kappa shape index (κ2) is 5.38. The van der Waals surface area contributed by atoms with Crippen LogP contribution in [-0.4, -0.2) is 49.8 Å².